The van der Waals surface area contributed by atoms with Crippen LogP contribution in [0.2, 0.25) is 0 Å². The predicted octanol–water partition coefficient (Wildman–Crippen LogP) is 3.05. The van der Waals surface area contributed by atoms with Gasteiger partial charge in [0.15, 0.2) is 0 Å². The second-order valence-electron chi connectivity index (χ2n) is 9.03. The van der Waals surface area contributed by atoms with Gasteiger partial charge in [-0.25, -0.2) is 0 Å². The summed E-state index contributed by atoms with van der Waals surface area (Å²) in [7, 11) is 0. The molecule has 3 nitrogen and oxygen atoms in total. The molecule has 0 heterocycles. The molecule has 3 aliphatic rings. The number of rotatable bonds is 2. The molecule has 0 spiro atoms. The molecule has 21 heavy (non-hydrogen) atoms. The van der Waals surface area contributed by atoms with Gasteiger partial charge in [-0.2, -0.15) is 0 Å². The maximum atomic E-state index is 11.5. The molecule has 0 aromatic heterocycles. The SMILES string of the molecule is CC1CC(C)(O)[C@H]2C[C@@H]3C[C@H](C=O)[C@@H](OC(C)(C)C)[C@@H]3[C@@H]12. The number of aldehydes is 1. The van der Waals surface area contributed by atoms with Gasteiger partial charge in [-0.15, -0.1) is 0 Å². The molecule has 0 aromatic carbocycles. The van der Waals surface area contributed by atoms with Crippen molar-refractivity contribution in [3.8, 4) is 0 Å². The van der Waals surface area contributed by atoms with Crippen LogP contribution in [0.15, 0.2) is 0 Å². The molecule has 120 valence electrons. The summed E-state index contributed by atoms with van der Waals surface area (Å²) < 4.78 is 6.33. The quantitative estimate of drug-likeness (QED) is 0.796. The van der Waals surface area contributed by atoms with Crippen LogP contribution in [0.1, 0.15) is 53.9 Å². The Labute approximate surface area is 128 Å². The molecular formula is C18H30O3. The molecule has 1 N–H and O–H groups in total. The first kappa shape index (κ1) is 15.5. The van der Waals surface area contributed by atoms with Crippen LogP contribution < -0.4 is 0 Å². The smallest absolute Gasteiger partial charge is 0.125 e. The normalized spacial score (nSPS) is 52.8. The van der Waals surface area contributed by atoms with Gasteiger partial charge >= 0.3 is 0 Å². The third-order valence-electron chi connectivity index (χ3n) is 6.24. The van der Waals surface area contributed by atoms with E-state index in [0.717, 1.165) is 25.5 Å². The predicted molar refractivity (Wildman–Crippen MR) is 81.8 cm³/mol. The Morgan fingerprint density at radius 2 is 1.90 bits per heavy atom. The number of hydrogen-bond acceptors (Lipinski definition) is 3. The highest BCUT2D eigenvalue weighted by atomic mass is 16.5. The van der Waals surface area contributed by atoms with E-state index in [1.54, 1.807) is 0 Å². The number of aliphatic hydroxyl groups is 1. The Balaban J connectivity index is 1.89. The van der Waals surface area contributed by atoms with Gasteiger partial charge in [0, 0.05) is 5.92 Å². The molecular weight excluding hydrogens is 264 g/mol. The zero-order valence-corrected chi connectivity index (χ0v) is 14.0. The summed E-state index contributed by atoms with van der Waals surface area (Å²) in [6, 6.07) is 0. The monoisotopic (exact) mass is 294 g/mol. The average Bonchev–Trinajstić information content (AvgIpc) is 2.89. The van der Waals surface area contributed by atoms with Crippen molar-refractivity contribution in [3.05, 3.63) is 0 Å². The second kappa shape index (κ2) is 4.79. The Kier molecular flexibility index (Phi) is 3.53. The van der Waals surface area contributed by atoms with Crippen molar-refractivity contribution in [2.45, 2.75) is 71.2 Å². The fraction of sp³-hybridized carbons (Fsp3) is 0.944. The Bertz CT molecular complexity index is 423. The van der Waals surface area contributed by atoms with Crippen LogP contribution in [0.3, 0.4) is 0 Å². The van der Waals surface area contributed by atoms with Gasteiger partial charge in [0.1, 0.15) is 6.29 Å². The highest BCUT2D eigenvalue weighted by Crippen LogP contribution is 2.63. The van der Waals surface area contributed by atoms with Gasteiger partial charge in [0.2, 0.25) is 0 Å². The number of fused-ring (bicyclic) bond motifs is 3. The first-order valence-corrected chi connectivity index (χ1v) is 8.49. The minimum Gasteiger partial charge on any atom is -0.390 e. The number of ether oxygens (including phenoxy) is 1. The van der Waals surface area contributed by atoms with Gasteiger partial charge in [0.05, 0.1) is 17.3 Å². The van der Waals surface area contributed by atoms with Crippen molar-refractivity contribution < 1.29 is 14.6 Å². The summed E-state index contributed by atoms with van der Waals surface area (Å²) in [5.41, 5.74) is -0.749. The van der Waals surface area contributed by atoms with Gasteiger partial charge in [-0.3, -0.25) is 0 Å². The van der Waals surface area contributed by atoms with Crippen LogP contribution in [-0.4, -0.2) is 28.7 Å². The van der Waals surface area contributed by atoms with E-state index in [1.165, 1.54) is 0 Å². The first-order valence-electron chi connectivity index (χ1n) is 8.49. The van der Waals surface area contributed by atoms with Crippen LogP contribution in [-0.2, 0) is 9.53 Å². The number of carbonyl (C=O) groups is 1. The molecule has 0 radical (unpaired) electrons. The summed E-state index contributed by atoms with van der Waals surface area (Å²) in [4.78, 5) is 11.5. The lowest BCUT2D eigenvalue weighted by molar-refractivity contribution is -0.128. The molecule has 0 amide bonds. The average molecular weight is 294 g/mol. The maximum absolute atomic E-state index is 11.5. The van der Waals surface area contributed by atoms with Gasteiger partial charge in [-0.05, 0) is 76.5 Å². The highest BCUT2D eigenvalue weighted by molar-refractivity contribution is 5.56. The van der Waals surface area contributed by atoms with Crippen LogP contribution in [0.25, 0.3) is 0 Å². The van der Waals surface area contributed by atoms with Crippen molar-refractivity contribution in [3.63, 3.8) is 0 Å². The summed E-state index contributed by atoms with van der Waals surface area (Å²) in [5, 5.41) is 10.7. The van der Waals surface area contributed by atoms with Crippen molar-refractivity contribution >= 4 is 6.29 Å². The number of hydrogen-bond donors (Lipinski definition) is 1. The topological polar surface area (TPSA) is 46.5 Å². The van der Waals surface area contributed by atoms with Gasteiger partial charge < -0.3 is 14.6 Å². The molecule has 2 unspecified atom stereocenters. The van der Waals surface area contributed by atoms with E-state index in [-0.39, 0.29) is 17.6 Å². The van der Waals surface area contributed by atoms with Crippen LogP contribution in [0.4, 0.5) is 0 Å². The van der Waals surface area contributed by atoms with E-state index in [4.69, 9.17) is 4.74 Å². The summed E-state index contributed by atoms with van der Waals surface area (Å²) in [6.07, 6.45) is 4.06. The fourth-order valence-corrected chi connectivity index (χ4v) is 5.82. The molecule has 3 fully saturated rings. The van der Waals surface area contributed by atoms with Gasteiger partial charge in [-0.1, -0.05) is 6.92 Å². The zero-order chi connectivity index (χ0) is 15.6. The minimum absolute atomic E-state index is 0.0397. The molecule has 3 rings (SSSR count). The Hall–Kier alpha value is -0.410. The third kappa shape index (κ3) is 2.46. The number of carbonyl (C=O) groups excluding carboxylic acids is 1. The Morgan fingerprint density at radius 1 is 1.24 bits per heavy atom. The van der Waals surface area contributed by atoms with E-state index < -0.39 is 5.60 Å². The Morgan fingerprint density at radius 3 is 2.48 bits per heavy atom. The largest absolute Gasteiger partial charge is 0.390 e. The standard InChI is InChI=1S/C18H30O3/c1-10-8-18(5,20)13-7-11-6-12(9-19)16(15(11)14(10)13)21-17(2,3)4/h9-16,20H,6-8H2,1-5H3/t10?,11-,12+,13-,14-,15-,16+,18?/m0/s1. The molecule has 3 heteroatoms. The fourth-order valence-electron chi connectivity index (χ4n) is 5.82. The van der Waals surface area contributed by atoms with Crippen molar-refractivity contribution in [2.24, 2.45) is 35.5 Å². The molecule has 0 aliphatic heterocycles. The molecule has 0 saturated heterocycles. The molecule has 3 saturated carbocycles. The van der Waals surface area contributed by atoms with E-state index in [2.05, 4.69) is 27.7 Å². The van der Waals surface area contributed by atoms with Crippen LogP contribution >= 0.6 is 0 Å². The molecule has 0 aromatic rings. The minimum atomic E-state index is -0.530. The van der Waals surface area contributed by atoms with Crippen molar-refractivity contribution in [1.29, 1.82) is 0 Å². The zero-order valence-electron chi connectivity index (χ0n) is 14.0. The molecule has 3 aliphatic carbocycles. The van der Waals surface area contributed by atoms with Crippen molar-refractivity contribution in [2.75, 3.05) is 0 Å². The summed E-state index contributed by atoms with van der Waals surface area (Å²) in [6.45, 7) is 10.5. The lowest BCUT2D eigenvalue weighted by Crippen LogP contribution is -2.39. The van der Waals surface area contributed by atoms with E-state index >= 15 is 0 Å². The van der Waals surface area contributed by atoms with E-state index in [9.17, 15) is 9.90 Å². The van der Waals surface area contributed by atoms with Crippen molar-refractivity contribution in [1.82, 2.24) is 0 Å². The highest BCUT2D eigenvalue weighted by Gasteiger charge is 2.63. The van der Waals surface area contributed by atoms with Gasteiger partial charge in [0.25, 0.3) is 0 Å². The molecule has 8 atom stereocenters. The van der Waals surface area contributed by atoms with Crippen LogP contribution in [0.5, 0.6) is 0 Å². The van der Waals surface area contributed by atoms with Crippen LogP contribution in [0, 0.1) is 35.5 Å². The lowest BCUT2D eigenvalue weighted by atomic mass is 9.80. The molecule has 0 bridgehead atoms. The first-order chi connectivity index (χ1) is 9.64. The summed E-state index contributed by atoms with van der Waals surface area (Å²) >= 11 is 0. The van der Waals surface area contributed by atoms with E-state index in [0.29, 0.717) is 29.6 Å². The summed E-state index contributed by atoms with van der Waals surface area (Å²) in [5.74, 6) is 2.48. The lowest BCUT2D eigenvalue weighted by Gasteiger charge is -2.35. The van der Waals surface area contributed by atoms with E-state index in [1.807, 2.05) is 6.92 Å². The maximum Gasteiger partial charge on any atom is 0.125 e. The second-order valence-corrected chi connectivity index (χ2v) is 9.03. The third-order valence-corrected chi connectivity index (χ3v) is 6.24.